The van der Waals surface area contributed by atoms with Crippen LogP contribution in [0.5, 0.6) is 0 Å². The van der Waals surface area contributed by atoms with Gasteiger partial charge in [0, 0.05) is 37.0 Å². The van der Waals surface area contributed by atoms with Crippen LogP contribution in [0.2, 0.25) is 0 Å². The summed E-state index contributed by atoms with van der Waals surface area (Å²) in [5, 5.41) is 4.55. The van der Waals surface area contributed by atoms with E-state index in [1.165, 1.54) is 12.1 Å². The van der Waals surface area contributed by atoms with Gasteiger partial charge in [-0.05, 0) is 57.0 Å². The SMILES string of the molecule is CCC(CC)N(CCOC)C(=O)C=Cc1c(C)nn(-c2ccc(F)cc2)c1C. The summed E-state index contributed by atoms with van der Waals surface area (Å²) in [6, 6.07) is 6.39. The predicted octanol–water partition coefficient (Wildman–Crippen LogP) is 4.31. The summed E-state index contributed by atoms with van der Waals surface area (Å²) >= 11 is 0. The van der Waals surface area contributed by atoms with Crippen LogP contribution >= 0.6 is 0 Å². The average Bonchev–Trinajstić information content (AvgIpc) is 2.97. The summed E-state index contributed by atoms with van der Waals surface area (Å²) < 4.78 is 20.1. The maximum Gasteiger partial charge on any atom is 0.246 e. The number of carbonyl (C=O) groups is 1. The number of aromatic nitrogens is 2. The van der Waals surface area contributed by atoms with Crippen LogP contribution in [0, 0.1) is 19.7 Å². The molecule has 0 unspecified atom stereocenters. The van der Waals surface area contributed by atoms with Gasteiger partial charge >= 0.3 is 0 Å². The zero-order chi connectivity index (χ0) is 20.7. The second-order valence-corrected chi connectivity index (χ2v) is 6.80. The molecule has 0 saturated carbocycles. The standard InChI is InChI=1S/C22H30FN3O2/c1-6-19(7-2)25(14-15-28-5)22(27)13-12-21-16(3)24-26(17(21)4)20-10-8-18(23)9-11-20/h8-13,19H,6-7,14-15H2,1-5H3. The van der Waals surface area contributed by atoms with Crippen molar-refractivity contribution in [2.75, 3.05) is 20.3 Å². The molecule has 1 aromatic carbocycles. The molecule has 0 N–H and O–H groups in total. The number of hydrogen-bond donors (Lipinski definition) is 0. The first-order chi connectivity index (χ1) is 13.4. The van der Waals surface area contributed by atoms with E-state index < -0.39 is 0 Å². The maximum atomic E-state index is 13.2. The van der Waals surface area contributed by atoms with Gasteiger partial charge in [-0.2, -0.15) is 5.10 Å². The molecule has 0 spiro atoms. The molecule has 2 rings (SSSR count). The summed E-state index contributed by atoms with van der Waals surface area (Å²) in [6.45, 7) is 9.10. The van der Waals surface area contributed by atoms with Crippen molar-refractivity contribution in [1.29, 1.82) is 0 Å². The van der Waals surface area contributed by atoms with Crippen molar-refractivity contribution in [3.05, 3.63) is 53.1 Å². The molecule has 1 amide bonds. The van der Waals surface area contributed by atoms with Crippen LogP contribution < -0.4 is 0 Å². The fourth-order valence-corrected chi connectivity index (χ4v) is 3.37. The highest BCUT2D eigenvalue weighted by atomic mass is 19.1. The Morgan fingerprint density at radius 2 is 1.89 bits per heavy atom. The van der Waals surface area contributed by atoms with E-state index in [0.717, 1.165) is 35.5 Å². The van der Waals surface area contributed by atoms with E-state index in [1.54, 1.807) is 30.0 Å². The number of amides is 1. The summed E-state index contributed by atoms with van der Waals surface area (Å²) in [7, 11) is 1.64. The molecule has 0 saturated heterocycles. The van der Waals surface area contributed by atoms with Crippen LogP contribution in [-0.2, 0) is 9.53 Å². The van der Waals surface area contributed by atoms with Crippen LogP contribution in [0.4, 0.5) is 4.39 Å². The summed E-state index contributed by atoms with van der Waals surface area (Å²) in [6.07, 6.45) is 5.24. The number of halogens is 1. The minimum atomic E-state index is -0.284. The van der Waals surface area contributed by atoms with Crippen molar-refractivity contribution >= 4 is 12.0 Å². The number of nitrogens with zero attached hydrogens (tertiary/aromatic N) is 3. The summed E-state index contributed by atoms with van der Waals surface area (Å²) in [4.78, 5) is 14.7. The Hall–Kier alpha value is -2.47. The average molecular weight is 387 g/mol. The van der Waals surface area contributed by atoms with Crippen molar-refractivity contribution in [1.82, 2.24) is 14.7 Å². The van der Waals surface area contributed by atoms with Crippen molar-refractivity contribution in [3.63, 3.8) is 0 Å². The molecular formula is C22H30FN3O2. The first kappa shape index (κ1) is 21.8. The molecule has 6 heteroatoms. The van der Waals surface area contributed by atoms with Crippen molar-refractivity contribution in [2.24, 2.45) is 0 Å². The van der Waals surface area contributed by atoms with Gasteiger partial charge in [-0.1, -0.05) is 13.8 Å². The minimum Gasteiger partial charge on any atom is -0.383 e. The molecular weight excluding hydrogens is 357 g/mol. The number of benzene rings is 1. The molecule has 0 aliphatic rings. The minimum absolute atomic E-state index is 0.0286. The van der Waals surface area contributed by atoms with Gasteiger partial charge in [-0.25, -0.2) is 9.07 Å². The smallest absolute Gasteiger partial charge is 0.246 e. The second kappa shape index (κ2) is 10.2. The maximum absolute atomic E-state index is 13.2. The molecule has 5 nitrogen and oxygen atoms in total. The van der Waals surface area contributed by atoms with E-state index in [4.69, 9.17) is 4.74 Å². The van der Waals surface area contributed by atoms with Crippen LogP contribution in [0.1, 0.15) is 43.6 Å². The Labute approximate surface area is 166 Å². The Morgan fingerprint density at radius 3 is 2.46 bits per heavy atom. The van der Waals surface area contributed by atoms with Gasteiger partial charge in [0.05, 0.1) is 18.0 Å². The molecule has 0 fully saturated rings. The van der Waals surface area contributed by atoms with Crippen LogP contribution in [-0.4, -0.2) is 46.9 Å². The van der Waals surface area contributed by atoms with Crippen molar-refractivity contribution in [2.45, 2.75) is 46.6 Å². The lowest BCUT2D eigenvalue weighted by atomic mass is 10.1. The quantitative estimate of drug-likeness (QED) is 0.603. The third kappa shape index (κ3) is 5.07. The van der Waals surface area contributed by atoms with Crippen LogP contribution in [0.15, 0.2) is 30.3 Å². The van der Waals surface area contributed by atoms with Crippen molar-refractivity contribution < 1.29 is 13.9 Å². The van der Waals surface area contributed by atoms with Gasteiger partial charge in [0.25, 0.3) is 0 Å². The Morgan fingerprint density at radius 1 is 1.25 bits per heavy atom. The second-order valence-electron chi connectivity index (χ2n) is 6.80. The lowest BCUT2D eigenvalue weighted by Crippen LogP contribution is -2.40. The molecule has 0 aliphatic heterocycles. The number of methoxy groups -OCH3 is 1. The van der Waals surface area contributed by atoms with E-state index >= 15 is 0 Å². The number of ether oxygens (including phenoxy) is 1. The predicted molar refractivity (Wildman–Crippen MR) is 110 cm³/mol. The molecule has 1 aromatic heterocycles. The Bertz CT molecular complexity index is 808. The van der Waals surface area contributed by atoms with E-state index in [2.05, 4.69) is 18.9 Å². The Kier molecular flexibility index (Phi) is 7.93. The van der Waals surface area contributed by atoms with E-state index in [1.807, 2.05) is 24.8 Å². The molecule has 28 heavy (non-hydrogen) atoms. The third-order valence-electron chi connectivity index (χ3n) is 5.01. The highest BCUT2D eigenvalue weighted by molar-refractivity contribution is 5.92. The number of rotatable bonds is 9. The molecule has 0 bridgehead atoms. The molecule has 0 atom stereocenters. The van der Waals surface area contributed by atoms with Crippen molar-refractivity contribution in [3.8, 4) is 5.69 Å². The first-order valence-corrected chi connectivity index (χ1v) is 9.72. The lowest BCUT2D eigenvalue weighted by Gasteiger charge is -2.29. The zero-order valence-corrected chi connectivity index (χ0v) is 17.4. The molecule has 2 aromatic rings. The Balaban J connectivity index is 2.26. The van der Waals surface area contributed by atoms with E-state index in [-0.39, 0.29) is 17.8 Å². The number of hydrogen-bond acceptors (Lipinski definition) is 3. The molecule has 0 aliphatic carbocycles. The fraction of sp³-hybridized carbons (Fsp3) is 0.455. The van der Waals surface area contributed by atoms with E-state index in [9.17, 15) is 9.18 Å². The number of carbonyl (C=O) groups excluding carboxylic acids is 1. The van der Waals surface area contributed by atoms with Gasteiger partial charge in [0.1, 0.15) is 5.82 Å². The van der Waals surface area contributed by atoms with Gasteiger partial charge in [0.2, 0.25) is 5.91 Å². The topological polar surface area (TPSA) is 47.4 Å². The first-order valence-electron chi connectivity index (χ1n) is 9.72. The molecule has 152 valence electrons. The van der Waals surface area contributed by atoms with Gasteiger partial charge < -0.3 is 9.64 Å². The van der Waals surface area contributed by atoms with Gasteiger partial charge in [-0.15, -0.1) is 0 Å². The van der Waals surface area contributed by atoms with Crippen LogP contribution in [0.25, 0.3) is 11.8 Å². The fourth-order valence-electron chi connectivity index (χ4n) is 3.37. The number of aryl methyl sites for hydroxylation is 1. The normalized spacial score (nSPS) is 11.5. The molecule has 0 radical (unpaired) electrons. The highest BCUT2D eigenvalue weighted by Crippen LogP contribution is 2.20. The zero-order valence-electron chi connectivity index (χ0n) is 17.4. The van der Waals surface area contributed by atoms with Gasteiger partial charge in [0.15, 0.2) is 0 Å². The largest absolute Gasteiger partial charge is 0.383 e. The lowest BCUT2D eigenvalue weighted by molar-refractivity contribution is -0.129. The summed E-state index contributed by atoms with van der Waals surface area (Å²) in [5.41, 5.74) is 3.40. The summed E-state index contributed by atoms with van der Waals surface area (Å²) in [5.74, 6) is -0.312. The highest BCUT2D eigenvalue weighted by Gasteiger charge is 2.19. The van der Waals surface area contributed by atoms with Crippen LogP contribution in [0.3, 0.4) is 0 Å². The van der Waals surface area contributed by atoms with E-state index in [0.29, 0.717) is 13.2 Å². The van der Waals surface area contributed by atoms with Gasteiger partial charge in [-0.3, -0.25) is 4.79 Å². The molecule has 1 heterocycles. The third-order valence-corrected chi connectivity index (χ3v) is 5.01. The monoisotopic (exact) mass is 387 g/mol.